The first-order valence-electron chi connectivity index (χ1n) is 8.81. The Balaban J connectivity index is 1.39. The molecular formula is C21H22N2O2. The molecule has 128 valence electrons. The van der Waals surface area contributed by atoms with Crippen molar-refractivity contribution in [3.8, 4) is 0 Å². The van der Waals surface area contributed by atoms with Crippen molar-refractivity contribution in [3.63, 3.8) is 0 Å². The quantitative estimate of drug-likeness (QED) is 0.750. The Morgan fingerprint density at radius 1 is 1.08 bits per heavy atom. The van der Waals surface area contributed by atoms with Gasteiger partial charge in [-0.25, -0.2) is 4.79 Å². The van der Waals surface area contributed by atoms with E-state index < -0.39 is 5.97 Å². The van der Waals surface area contributed by atoms with Crippen LogP contribution in [0.2, 0.25) is 0 Å². The van der Waals surface area contributed by atoms with Gasteiger partial charge in [0.2, 0.25) is 0 Å². The minimum Gasteiger partial charge on any atom is -0.478 e. The van der Waals surface area contributed by atoms with Crippen molar-refractivity contribution in [1.82, 2.24) is 9.88 Å². The second-order valence-corrected chi connectivity index (χ2v) is 6.84. The number of nitrogens with one attached hydrogen (secondary N) is 1. The third-order valence-electron chi connectivity index (χ3n) is 5.29. The second kappa shape index (κ2) is 6.73. The maximum atomic E-state index is 11.0. The highest BCUT2D eigenvalue weighted by Crippen LogP contribution is 2.29. The Hall–Kier alpha value is -2.59. The van der Waals surface area contributed by atoms with E-state index >= 15 is 0 Å². The molecule has 4 rings (SSSR count). The maximum absolute atomic E-state index is 11.0. The van der Waals surface area contributed by atoms with Crippen LogP contribution < -0.4 is 0 Å². The number of hydrogen-bond donors (Lipinski definition) is 2. The highest BCUT2D eigenvalue weighted by Gasteiger charge is 2.21. The summed E-state index contributed by atoms with van der Waals surface area (Å²) in [5.74, 6) is -0.331. The van der Waals surface area contributed by atoms with E-state index in [1.165, 1.54) is 22.0 Å². The zero-order valence-electron chi connectivity index (χ0n) is 14.1. The van der Waals surface area contributed by atoms with E-state index in [9.17, 15) is 4.79 Å². The van der Waals surface area contributed by atoms with Crippen LogP contribution in [-0.4, -0.2) is 34.0 Å². The number of rotatable bonds is 4. The largest absolute Gasteiger partial charge is 0.478 e. The van der Waals surface area contributed by atoms with Crippen LogP contribution in [0.1, 0.15) is 40.2 Å². The fraction of sp³-hybridized carbons (Fsp3) is 0.286. The summed E-state index contributed by atoms with van der Waals surface area (Å²) in [7, 11) is 0. The monoisotopic (exact) mass is 334 g/mol. The van der Waals surface area contributed by atoms with E-state index in [1.54, 1.807) is 12.1 Å². The van der Waals surface area contributed by atoms with Gasteiger partial charge in [0.05, 0.1) is 5.56 Å². The van der Waals surface area contributed by atoms with Crippen LogP contribution in [0.4, 0.5) is 0 Å². The molecule has 25 heavy (non-hydrogen) atoms. The SMILES string of the molecule is O=C(O)c1ccc(C2CCN(Cc3c[nH]c4ccccc34)CC2)cc1. The molecule has 4 nitrogen and oxygen atoms in total. The summed E-state index contributed by atoms with van der Waals surface area (Å²) in [6.07, 6.45) is 4.37. The number of H-pyrrole nitrogens is 1. The summed E-state index contributed by atoms with van der Waals surface area (Å²) < 4.78 is 0. The van der Waals surface area contributed by atoms with Crippen LogP contribution in [0.3, 0.4) is 0 Å². The summed E-state index contributed by atoms with van der Waals surface area (Å²) >= 11 is 0. The number of carbonyl (C=O) groups is 1. The number of fused-ring (bicyclic) bond motifs is 1. The summed E-state index contributed by atoms with van der Waals surface area (Å²) in [4.78, 5) is 16.8. The molecule has 0 radical (unpaired) electrons. The molecule has 0 amide bonds. The molecule has 2 aromatic carbocycles. The minimum atomic E-state index is -0.861. The molecule has 2 N–H and O–H groups in total. The summed E-state index contributed by atoms with van der Waals surface area (Å²) in [6.45, 7) is 3.13. The van der Waals surface area contributed by atoms with E-state index in [0.29, 0.717) is 11.5 Å². The van der Waals surface area contributed by atoms with Crippen molar-refractivity contribution < 1.29 is 9.90 Å². The smallest absolute Gasteiger partial charge is 0.335 e. The lowest BCUT2D eigenvalue weighted by Gasteiger charge is -2.32. The van der Waals surface area contributed by atoms with Crippen molar-refractivity contribution in [1.29, 1.82) is 0 Å². The van der Waals surface area contributed by atoms with Gasteiger partial charge >= 0.3 is 5.97 Å². The molecule has 1 saturated heterocycles. The zero-order chi connectivity index (χ0) is 17.2. The van der Waals surface area contributed by atoms with Crippen LogP contribution >= 0.6 is 0 Å². The molecule has 1 aliphatic rings. The Morgan fingerprint density at radius 2 is 1.80 bits per heavy atom. The van der Waals surface area contributed by atoms with Crippen molar-refractivity contribution in [2.75, 3.05) is 13.1 Å². The van der Waals surface area contributed by atoms with E-state index in [-0.39, 0.29) is 0 Å². The third-order valence-corrected chi connectivity index (χ3v) is 5.29. The molecule has 0 aliphatic carbocycles. The average molecular weight is 334 g/mol. The van der Waals surface area contributed by atoms with Gasteiger partial charge in [-0.05, 0) is 61.2 Å². The first-order valence-corrected chi connectivity index (χ1v) is 8.81. The van der Waals surface area contributed by atoms with E-state index in [2.05, 4.69) is 40.3 Å². The lowest BCUT2D eigenvalue weighted by Crippen LogP contribution is -2.32. The van der Waals surface area contributed by atoms with Gasteiger partial charge in [0.25, 0.3) is 0 Å². The predicted molar refractivity (Wildman–Crippen MR) is 99.0 cm³/mol. The Bertz CT molecular complexity index is 874. The number of carboxylic acid groups (broad SMARTS) is 1. The molecule has 2 heterocycles. The van der Waals surface area contributed by atoms with E-state index in [1.807, 2.05) is 12.1 Å². The van der Waals surface area contributed by atoms with Crippen LogP contribution in [0, 0.1) is 0 Å². The molecule has 0 bridgehead atoms. The van der Waals surface area contributed by atoms with E-state index in [4.69, 9.17) is 5.11 Å². The molecule has 3 aromatic rings. The van der Waals surface area contributed by atoms with Crippen molar-refractivity contribution in [2.24, 2.45) is 0 Å². The summed E-state index contributed by atoms with van der Waals surface area (Å²) in [5, 5.41) is 10.3. The zero-order valence-corrected chi connectivity index (χ0v) is 14.1. The second-order valence-electron chi connectivity index (χ2n) is 6.84. The van der Waals surface area contributed by atoms with Gasteiger partial charge in [0.1, 0.15) is 0 Å². The van der Waals surface area contributed by atoms with E-state index in [0.717, 1.165) is 32.5 Å². The number of aromatic carboxylic acids is 1. The lowest BCUT2D eigenvalue weighted by molar-refractivity contribution is 0.0697. The van der Waals surface area contributed by atoms with Crippen LogP contribution in [0.15, 0.2) is 54.7 Å². The normalized spacial score (nSPS) is 16.3. The standard InChI is InChI=1S/C21H22N2O2/c24-21(25)17-7-5-15(6-8-17)16-9-11-23(12-10-16)14-18-13-22-20-4-2-1-3-19(18)20/h1-8,13,16,22H,9-12,14H2,(H,24,25). The molecule has 1 aliphatic heterocycles. The predicted octanol–water partition coefficient (Wildman–Crippen LogP) is 4.25. The molecule has 1 aromatic heterocycles. The lowest BCUT2D eigenvalue weighted by atomic mass is 9.89. The number of para-hydroxylation sites is 1. The number of aromatic amines is 1. The van der Waals surface area contributed by atoms with Crippen molar-refractivity contribution in [2.45, 2.75) is 25.3 Å². The number of benzene rings is 2. The Labute approximate surface area is 147 Å². The highest BCUT2D eigenvalue weighted by atomic mass is 16.4. The fourth-order valence-electron chi connectivity index (χ4n) is 3.83. The van der Waals surface area contributed by atoms with Gasteiger partial charge in [0.15, 0.2) is 0 Å². The van der Waals surface area contributed by atoms with Crippen LogP contribution in [0.25, 0.3) is 10.9 Å². The highest BCUT2D eigenvalue weighted by molar-refractivity contribution is 5.87. The van der Waals surface area contributed by atoms with Crippen LogP contribution in [0.5, 0.6) is 0 Å². The molecule has 0 spiro atoms. The van der Waals surface area contributed by atoms with Gasteiger partial charge in [-0.15, -0.1) is 0 Å². The average Bonchev–Trinajstić information content (AvgIpc) is 3.06. The first-order chi connectivity index (χ1) is 12.2. The molecule has 0 saturated carbocycles. The Morgan fingerprint density at radius 3 is 2.52 bits per heavy atom. The fourth-order valence-corrected chi connectivity index (χ4v) is 3.83. The Kier molecular flexibility index (Phi) is 4.28. The van der Waals surface area contributed by atoms with Crippen LogP contribution in [-0.2, 0) is 6.54 Å². The van der Waals surface area contributed by atoms with Crippen molar-refractivity contribution >= 4 is 16.9 Å². The minimum absolute atomic E-state index is 0.362. The number of nitrogens with zero attached hydrogens (tertiary/aromatic N) is 1. The summed E-state index contributed by atoms with van der Waals surface area (Å²) in [5.41, 5.74) is 4.18. The summed E-state index contributed by atoms with van der Waals surface area (Å²) in [6, 6.07) is 15.8. The van der Waals surface area contributed by atoms with Gasteiger partial charge in [-0.2, -0.15) is 0 Å². The molecule has 0 atom stereocenters. The van der Waals surface area contributed by atoms with Gasteiger partial charge in [0, 0.05) is 23.6 Å². The number of piperidine rings is 1. The first kappa shape index (κ1) is 15.9. The third kappa shape index (κ3) is 3.30. The van der Waals surface area contributed by atoms with Gasteiger partial charge in [-0.3, -0.25) is 4.90 Å². The van der Waals surface area contributed by atoms with Crippen molar-refractivity contribution in [3.05, 3.63) is 71.4 Å². The topological polar surface area (TPSA) is 56.3 Å². The van der Waals surface area contributed by atoms with Gasteiger partial charge in [-0.1, -0.05) is 30.3 Å². The number of carboxylic acids is 1. The molecule has 0 unspecified atom stereocenters. The molecular weight excluding hydrogens is 312 g/mol. The molecule has 1 fully saturated rings. The number of aromatic nitrogens is 1. The maximum Gasteiger partial charge on any atom is 0.335 e. The molecule has 4 heteroatoms. The van der Waals surface area contributed by atoms with Gasteiger partial charge < -0.3 is 10.1 Å². The number of hydrogen-bond acceptors (Lipinski definition) is 2. The number of likely N-dealkylation sites (tertiary alicyclic amines) is 1.